The van der Waals surface area contributed by atoms with Gasteiger partial charge in [-0.25, -0.2) is 0 Å². The van der Waals surface area contributed by atoms with E-state index in [1.54, 1.807) is 0 Å². The quantitative estimate of drug-likeness (QED) is 0.550. The zero-order valence-corrected chi connectivity index (χ0v) is 9.26. The third-order valence-corrected chi connectivity index (χ3v) is 3.88. The molecule has 13 heavy (non-hydrogen) atoms. The fourth-order valence-corrected chi connectivity index (χ4v) is 2.92. The number of halogens is 1. The molecule has 0 aliphatic rings. The van der Waals surface area contributed by atoms with Crippen LogP contribution < -0.4 is 5.19 Å². The van der Waals surface area contributed by atoms with Crippen molar-refractivity contribution < 1.29 is 9.22 Å². The maximum Gasteiger partial charge on any atom is 0.432 e. The minimum Gasteiger partial charge on any atom is -0.498 e. The highest BCUT2D eigenvalue weighted by Gasteiger charge is 2.18. The number of carbonyl (C=O) groups excluding carboxylic acids is 1. The maximum atomic E-state index is 10.7. The van der Waals surface area contributed by atoms with E-state index in [-0.39, 0.29) is 5.97 Å². The van der Waals surface area contributed by atoms with Crippen LogP contribution in [0.25, 0.3) is 0 Å². The molecule has 0 atom stereocenters. The van der Waals surface area contributed by atoms with Crippen LogP contribution in [0.15, 0.2) is 24.3 Å². The van der Waals surface area contributed by atoms with E-state index in [9.17, 15) is 4.79 Å². The molecule has 1 aromatic rings. The zero-order valence-electron chi connectivity index (χ0n) is 7.50. The van der Waals surface area contributed by atoms with Gasteiger partial charge >= 0.3 is 8.35 Å². The molecule has 0 bridgehead atoms. The van der Waals surface area contributed by atoms with Crippen molar-refractivity contribution in [2.24, 2.45) is 0 Å². The highest BCUT2D eigenvalue weighted by molar-refractivity contribution is 7.11. The van der Waals surface area contributed by atoms with Crippen molar-refractivity contribution in [1.82, 2.24) is 0 Å². The Labute approximate surface area is 83.9 Å². The van der Waals surface area contributed by atoms with Crippen LogP contribution in [-0.2, 0) is 9.22 Å². The first kappa shape index (κ1) is 10.3. The molecule has 0 aliphatic heterocycles. The molecule has 69 valence electrons. The van der Waals surface area contributed by atoms with Gasteiger partial charge in [-0.2, -0.15) is 0 Å². The van der Waals surface area contributed by atoms with Crippen LogP contribution in [0.1, 0.15) is 12.5 Å². The molecule has 0 saturated carbocycles. The Morgan fingerprint density at radius 2 is 2.08 bits per heavy atom. The molecule has 1 aromatic carbocycles. The molecule has 0 amide bonds. The fraction of sp³-hybridized carbons (Fsp3) is 0.222. The number of carbonyl (C=O) groups is 1. The van der Waals surface area contributed by atoms with Gasteiger partial charge in [-0.3, -0.25) is 4.79 Å². The third-order valence-electron chi connectivity index (χ3n) is 1.59. The maximum absolute atomic E-state index is 10.7. The lowest BCUT2D eigenvalue weighted by molar-refractivity contribution is -0.131. The Balaban J connectivity index is 2.82. The summed E-state index contributed by atoms with van der Waals surface area (Å²) in [4.78, 5) is 10.7. The summed E-state index contributed by atoms with van der Waals surface area (Å²) in [7, 11) is -1.67. The Morgan fingerprint density at radius 1 is 1.46 bits per heavy atom. The molecule has 0 fully saturated rings. The standard InChI is InChI=1S/C9H10ClO2Si/c1-7-5-3-4-6-9(7)13(10)12-8(2)11/h3-6H,1-2H3. The first-order valence-electron chi connectivity index (χ1n) is 3.88. The van der Waals surface area contributed by atoms with Gasteiger partial charge in [0.05, 0.1) is 0 Å². The molecule has 0 aromatic heterocycles. The van der Waals surface area contributed by atoms with Crippen molar-refractivity contribution >= 4 is 30.6 Å². The molecule has 2 nitrogen and oxygen atoms in total. The van der Waals surface area contributed by atoms with Crippen molar-refractivity contribution in [3.63, 3.8) is 0 Å². The van der Waals surface area contributed by atoms with Gasteiger partial charge in [-0.15, -0.1) is 11.1 Å². The zero-order chi connectivity index (χ0) is 9.84. The first-order chi connectivity index (χ1) is 6.11. The molecule has 0 spiro atoms. The second-order valence-electron chi connectivity index (χ2n) is 2.68. The summed E-state index contributed by atoms with van der Waals surface area (Å²) >= 11 is 5.97. The second-order valence-corrected chi connectivity index (χ2v) is 5.00. The monoisotopic (exact) mass is 213 g/mol. The molecule has 0 N–H and O–H groups in total. The van der Waals surface area contributed by atoms with E-state index in [1.165, 1.54) is 6.92 Å². The summed E-state index contributed by atoms with van der Waals surface area (Å²) in [5.41, 5.74) is 1.06. The van der Waals surface area contributed by atoms with E-state index in [1.807, 2.05) is 31.2 Å². The van der Waals surface area contributed by atoms with E-state index in [4.69, 9.17) is 15.5 Å². The summed E-state index contributed by atoms with van der Waals surface area (Å²) in [6.45, 7) is 3.32. The molecular weight excluding hydrogens is 204 g/mol. The number of hydrogen-bond donors (Lipinski definition) is 0. The lowest BCUT2D eigenvalue weighted by atomic mass is 10.2. The average molecular weight is 214 g/mol. The Hall–Kier alpha value is -0.803. The molecule has 0 aliphatic carbocycles. The highest BCUT2D eigenvalue weighted by atomic mass is 35.6. The van der Waals surface area contributed by atoms with Gasteiger partial charge in [0.1, 0.15) is 0 Å². The van der Waals surface area contributed by atoms with E-state index in [0.29, 0.717) is 0 Å². The van der Waals surface area contributed by atoms with Crippen LogP contribution in [-0.4, -0.2) is 14.3 Å². The van der Waals surface area contributed by atoms with Gasteiger partial charge in [0.25, 0.3) is 5.97 Å². The molecule has 1 rings (SSSR count). The molecule has 0 unspecified atom stereocenters. The van der Waals surface area contributed by atoms with Crippen molar-refractivity contribution in [2.75, 3.05) is 0 Å². The van der Waals surface area contributed by atoms with E-state index in [2.05, 4.69) is 0 Å². The predicted octanol–water partition coefficient (Wildman–Crippen LogP) is 1.49. The molecular formula is C9H10ClO2Si. The molecule has 0 saturated heterocycles. The minimum atomic E-state index is -1.67. The lowest BCUT2D eigenvalue weighted by Gasteiger charge is -2.08. The van der Waals surface area contributed by atoms with Gasteiger partial charge in [-0.1, -0.05) is 24.3 Å². The highest BCUT2D eigenvalue weighted by Crippen LogP contribution is 2.00. The second kappa shape index (κ2) is 4.44. The number of benzene rings is 1. The number of aryl methyl sites for hydroxylation is 1. The number of rotatable bonds is 2. The van der Waals surface area contributed by atoms with Gasteiger partial charge in [0.2, 0.25) is 0 Å². The van der Waals surface area contributed by atoms with E-state index in [0.717, 1.165) is 10.8 Å². The summed E-state index contributed by atoms with van der Waals surface area (Å²) in [5, 5.41) is 0.935. The van der Waals surface area contributed by atoms with Crippen LogP contribution >= 0.6 is 11.1 Å². The average Bonchev–Trinajstić information content (AvgIpc) is 2.03. The Kier molecular flexibility index (Phi) is 3.51. The predicted molar refractivity (Wildman–Crippen MR) is 54.2 cm³/mol. The third kappa shape index (κ3) is 2.86. The number of hydrogen-bond acceptors (Lipinski definition) is 2. The van der Waals surface area contributed by atoms with E-state index >= 15 is 0 Å². The summed E-state index contributed by atoms with van der Waals surface area (Å²) < 4.78 is 4.95. The largest absolute Gasteiger partial charge is 0.498 e. The summed E-state index contributed by atoms with van der Waals surface area (Å²) in [6.07, 6.45) is 0. The van der Waals surface area contributed by atoms with Crippen LogP contribution in [0.3, 0.4) is 0 Å². The Bertz CT molecular complexity index is 314. The molecule has 4 heteroatoms. The van der Waals surface area contributed by atoms with Gasteiger partial charge in [0, 0.05) is 6.92 Å². The van der Waals surface area contributed by atoms with Crippen molar-refractivity contribution in [3.8, 4) is 0 Å². The molecule has 0 heterocycles. The first-order valence-corrected chi connectivity index (χ1v) is 6.30. The van der Waals surface area contributed by atoms with Gasteiger partial charge < -0.3 is 4.43 Å². The lowest BCUT2D eigenvalue weighted by Crippen LogP contribution is -2.31. The molecule has 1 radical (unpaired) electrons. The van der Waals surface area contributed by atoms with Crippen LogP contribution in [0.2, 0.25) is 0 Å². The van der Waals surface area contributed by atoms with Crippen molar-refractivity contribution in [3.05, 3.63) is 29.8 Å². The smallest absolute Gasteiger partial charge is 0.432 e. The van der Waals surface area contributed by atoms with Crippen molar-refractivity contribution in [1.29, 1.82) is 0 Å². The van der Waals surface area contributed by atoms with Gasteiger partial charge in [-0.05, 0) is 17.7 Å². The normalized spacial score (nSPS) is 10.2. The SMILES string of the molecule is CC(=O)O[Si](Cl)c1ccccc1C. The van der Waals surface area contributed by atoms with Crippen LogP contribution in [0.5, 0.6) is 0 Å². The summed E-state index contributed by atoms with van der Waals surface area (Å²) in [6, 6.07) is 7.66. The topological polar surface area (TPSA) is 26.3 Å². The fourth-order valence-electron chi connectivity index (χ4n) is 0.975. The van der Waals surface area contributed by atoms with E-state index < -0.39 is 8.35 Å². The minimum absolute atomic E-state index is 0.327. The van der Waals surface area contributed by atoms with Crippen molar-refractivity contribution in [2.45, 2.75) is 13.8 Å². The van der Waals surface area contributed by atoms with Crippen LogP contribution in [0, 0.1) is 6.92 Å². The summed E-state index contributed by atoms with van der Waals surface area (Å²) in [5.74, 6) is -0.327. The van der Waals surface area contributed by atoms with Crippen LogP contribution in [0.4, 0.5) is 0 Å². The Morgan fingerprint density at radius 3 is 2.62 bits per heavy atom. The van der Waals surface area contributed by atoms with Gasteiger partial charge in [0.15, 0.2) is 0 Å².